The lowest BCUT2D eigenvalue weighted by Gasteiger charge is -1.83. The molecule has 0 bridgehead atoms. The lowest BCUT2D eigenvalue weighted by molar-refractivity contribution is -0.388. The van der Waals surface area contributed by atoms with Gasteiger partial charge in [0.25, 0.3) is 0 Å². The van der Waals surface area contributed by atoms with E-state index in [1.165, 1.54) is 6.21 Å². The summed E-state index contributed by atoms with van der Waals surface area (Å²) in [6.07, 6.45) is 3.91. The molecule has 1 heterocycles. The van der Waals surface area contributed by atoms with Gasteiger partial charge < -0.3 is 29.2 Å². The lowest BCUT2D eigenvalue weighted by atomic mass is 10.3. The predicted octanol–water partition coefficient (Wildman–Crippen LogP) is -2.49. The second-order valence-corrected chi connectivity index (χ2v) is 1.89. The zero-order valence-electron chi connectivity index (χ0n) is 5.87. The van der Waals surface area contributed by atoms with E-state index in [9.17, 15) is 0 Å². The lowest BCUT2D eigenvalue weighted by Crippen LogP contribution is -3.00. The number of nitrogens with zero attached hydrogens (tertiary/aromatic N) is 1. The maximum atomic E-state index is 8.08. The zero-order chi connectivity index (χ0) is 7.23. The van der Waals surface area contributed by atoms with Gasteiger partial charge in [-0.05, 0) is 0 Å². The minimum atomic E-state index is 0. The molecule has 0 unspecified atom stereocenters. The summed E-state index contributed by atoms with van der Waals surface area (Å²) in [4.78, 5) is 3.00. The largest absolute Gasteiger partial charge is 1.00 e. The van der Waals surface area contributed by atoms with Crippen molar-refractivity contribution < 1.29 is 34.2 Å². The van der Waals surface area contributed by atoms with Crippen molar-refractivity contribution in [3.63, 3.8) is 0 Å². The molecule has 0 aliphatic carbocycles. The molecule has 1 aromatic rings. The molecular formula is C7H9IN2O. The van der Waals surface area contributed by atoms with Crippen LogP contribution >= 0.6 is 0 Å². The second-order valence-electron chi connectivity index (χ2n) is 1.89. The summed E-state index contributed by atoms with van der Waals surface area (Å²) in [5.74, 6) is 0. The number of pyridine rings is 1. The highest BCUT2D eigenvalue weighted by Gasteiger charge is 1.93. The number of oxime groups is 1. The minimum Gasteiger partial charge on any atom is -1.00 e. The molecule has 0 fully saturated rings. The van der Waals surface area contributed by atoms with E-state index in [4.69, 9.17) is 5.21 Å². The van der Waals surface area contributed by atoms with E-state index < -0.39 is 0 Å². The van der Waals surface area contributed by atoms with Crippen molar-refractivity contribution in [1.29, 1.82) is 0 Å². The number of H-pyrrole nitrogens is 1. The fourth-order valence-electron chi connectivity index (χ4n) is 0.697. The normalized spacial score (nSPS) is 9.45. The van der Waals surface area contributed by atoms with Crippen molar-refractivity contribution in [2.45, 2.75) is 6.42 Å². The van der Waals surface area contributed by atoms with Gasteiger partial charge in [0.05, 0.1) is 12.6 Å². The summed E-state index contributed by atoms with van der Waals surface area (Å²) >= 11 is 0. The van der Waals surface area contributed by atoms with Crippen LogP contribution in [0.5, 0.6) is 0 Å². The summed E-state index contributed by atoms with van der Waals surface area (Å²) in [5.41, 5.74) is 1.03. The fourth-order valence-corrected chi connectivity index (χ4v) is 0.697. The number of nitrogens with one attached hydrogen (secondary N) is 1. The first-order chi connectivity index (χ1) is 4.93. The maximum Gasteiger partial charge on any atom is 0.185 e. The quantitative estimate of drug-likeness (QED) is 0.273. The first-order valence-electron chi connectivity index (χ1n) is 3.05. The molecule has 1 rings (SSSR count). The summed E-state index contributed by atoms with van der Waals surface area (Å²) < 4.78 is 0. The molecule has 11 heavy (non-hydrogen) atoms. The maximum absolute atomic E-state index is 8.08. The van der Waals surface area contributed by atoms with Crippen LogP contribution in [-0.2, 0) is 6.42 Å². The molecule has 0 aliphatic heterocycles. The number of aromatic amines is 1. The topological polar surface area (TPSA) is 46.7 Å². The molecule has 0 saturated heterocycles. The summed E-state index contributed by atoms with van der Waals surface area (Å²) in [5, 5.41) is 11.0. The van der Waals surface area contributed by atoms with Gasteiger partial charge in [-0.15, -0.1) is 5.16 Å². The molecule has 3 nitrogen and oxygen atoms in total. The molecule has 4 heteroatoms. The molecule has 0 radical (unpaired) electrons. The van der Waals surface area contributed by atoms with Crippen molar-refractivity contribution in [3.8, 4) is 0 Å². The van der Waals surface area contributed by atoms with Gasteiger partial charge in [0.1, 0.15) is 0 Å². The Morgan fingerprint density at radius 2 is 2.36 bits per heavy atom. The molecule has 0 amide bonds. The number of rotatable bonds is 2. The Kier molecular flexibility index (Phi) is 5.73. The van der Waals surface area contributed by atoms with Gasteiger partial charge in [0, 0.05) is 12.1 Å². The van der Waals surface area contributed by atoms with E-state index in [2.05, 4.69) is 10.1 Å². The standard InChI is InChI=1S/C7H8N2O.HI/c10-9-6-4-7-3-1-2-5-8-7;/h1-3,5-6,10H,4H2;1H. The van der Waals surface area contributed by atoms with Crippen LogP contribution in [0.4, 0.5) is 0 Å². The summed E-state index contributed by atoms with van der Waals surface area (Å²) in [6.45, 7) is 0. The Morgan fingerprint density at radius 3 is 2.91 bits per heavy atom. The molecule has 60 valence electrons. The van der Waals surface area contributed by atoms with Gasteiger partial charge in [0.15, 0.2) is 11.9 Å². The smallest absolute Gasteiger partial charge is 0.185 e. The average Bonchev–Trinajstić information content (AvgIpc) is 2.03. The minimum absolute atomic E-state index is 0. The van der Waals surface area contributed by atoms with Gasteiger partial charge >= 0.3 is 0 Å². The van der Waals surface area contributed by atoms with Crippen LogP contribution in [0.2, 0.25) is 0 Å². The molecule has 1 aromatic heterocycles. The van der Waals surface area contributed by atoms with Crippen molar-refractivity contribution in [2.75, 3.05) is 0 Å². The van der Waals surface area contributed by atoms with Crippen LogP contribution in [0.1, 0.15) is 5.69 Å². The van der Waals surface area contributed by atoms with Crippen LogP contribution < -0.4 is 29.0 Å². The highest BCUT2D eigenvalue weighted by Crippen LogP contribution is 1.86. The first kappa shape index (κ1) is 10.3. The highest BCUT2D eigenvalue weighted by molar-refractivity contribution is 5.58. The van der Waals surface area contributed by atoms with Gasteiger partial charge in [-0.3, -0.25) is 0 Å². The SMILES string of the molecule is ON=CCc1cccc[nH+]1.[I-]. The monoisotopic (exact) mass is 264 g/mol. The van der Waals surface area contributed by atoms with Crippen LogP contribution in [0, 0.1) is 0 Å². The van der Waals surface area contributed by atoms with Crippen molar-refractivity contribution in [1.82, 2.24) is 0 Å². The Labute approximate surface area is 82.2 Å². The predicted molar refractivity (Wildman–Crippen MR) is 37.0 cm³/mol. The molecule has 0 saturated carbocycles. The molecule has 0 atom stereocenters. The van der Waals surface area contributed by atoms with E-state index in [-0.39, 0.29) is 24.0 Å². The number of hydrogen-bond donors (Lipinski definition) is 1. The Balaban J connectivity index is 0.000001000. The van der Waals surface area contributed by atoms with Gasteiger partial charge in [-0.1, -0.05) is 6.07 Å². The molecule has 2 N–H and O–H groups in total. The van der Waals surface area contributed by atoms with Gasteiger partial charge in [-0.25, -0.2) is 4.98 Å². The van der Waals surface area contributed by atoms with Crippen molar-refractivity contribution in [3.05, 3.63) is 30.1 Å². The fraction of sp³-hybridized carbons (Fsp3) is 0.143. The van der Waals surface area contributed by atoms with Crippen molar-refractivity contribution >= 4 is 6.21 Å². The van der Waals surface area contributed by atoms with Crippen LogP contribution in [0.15, 0.2) is 29.6 Å². The summed E-state index contributed by atoms with van der Waals surface area (Å²) in [6, 6.07) is 5.76. The van der Waals surface area contributed by atoms with E-state index >= 15 is 0 Å². The second kappa shape index (κ2) is 6.09. The Hall–Kier alpha value is -0.650. The third-order valence-corrected chi connectivity index (χ3v) is 1.17. The van der Waals surface area contributed by atoms with Crippen LogP contribution in [0.25, 0.3) is 0 Å². The van der Waals surface area contributed by atoms with E-state index in [1.807, 2.05) is 24.4 Å². The highest BCUT2D eigenvalue weighted by atomic mass is 127. The van der Waals surface area contributed by atoms with Gasteiger partial charge in [-0.2, -0.15) is 0 Å². The Morgan fingerprint density at radius 1 is 1.55 bits per heavy atom. The van der Waals surface area contributed by atoms with Crippen LogP contribution in [0.3, 0.4) is 0 Å². The third kappa shape index (κ3) is 3.92. The average molecular weight is 264 g/mol. The van der Waals surface area contributed by atoms with Gasteiger partial charge in [0.2, 0.25) is 0 Å². The summed E-state index contributed by atoms with van der Waals surface area (Å²) in [7, 11) is 0. The van der Waals surface area contributed by atoms with E-state index in [0.717, 1.165) is 5.69 Å². The molecule has 0 aromatic carbocycles. The molecule has 0 aliphatic rings. The Bertz CT molecular complexity index is 213. The number of halogens is 1. The third-order valence-electron chi connectivity index (χ3n) is 1.17. The molecular weight excluding hydrogens is 255 g/mol. The molecule has 0 spiro atoms. The first-order valence-corrected chi connectivity index (χ1v) is 3.05. The number of aromatic nitrogens is 1. The number of hydrogen-bond acceptors (Lipinski definition) is 2. The van der Waals surface area contributed by atoms with Crippen LogP contribution in [-0.4, -0.2) is 11.4 Å². The zero-order valence-corrected chi connectivity index (χ0v) is 8.02. The van der Waals surface area contributed by atoms with E-state index in [1.54, 1.807) is 0 Å². The van der Waals surface area contributed by atoms with Crippen molar-refractivity contribution in [2.24, 2.45) is 5.16 Å². The van der Waals surface area contributed by atoms with E-state index in [0.29, 0.717) is 6.42 Å².